The van der Waals surface area contributed by atoms with Gasteiger partial charge in [-0.15, -0.1) is 0 Å². The molecule has 0 N–H and O–H groups in total. The Bertz CT molecular complexity index is 569. The van der Waals surface area contributed by atoms with E-state index >= 15 is 0 Å². The lowest BCUT2D eigenvalue weighted by atomic mass is 10.2. The quantitative estimate of drug-likeness (QED) is 0.726. The van der Waals surface area contributed by atoms with Gasteiger partial charge in [0.2, 0.25) is 5.88 Å². The van der Waals surface area contributed by atoms with Crippen molar-refractivity contribution in [1.82, 2.24) is 9.97 Å². The number of fused-ring (bicyclic) bond motifs is 1. The number of hydrogen-bond donors (Lipinski definition) is 0. The molecule has 0 saturated carbocycles. The van der Waals surface area contributed by atoms with E-state index in [-0.39, 0.29) is 17.5 Å². The number of ketones is 1. The van der Waals surface area contributed by atoms with Crippen molar-refractivity contribution in [1.29, 1.82) is 0 Å². The van der Waals surface area contributed by atoms with E-state index in [1.807, 2.05) is 0 Å². The third-order valence-corrected chi connectivity index (χ3v) is 2.13. The Kier molecular flexibility index (Phi) is 2.52. The number of ether oxygens (including phenoxy) is 1. The van der Waals surface area contributed by atoms with Crippen molar-refractivity contribution in [3.8, 4) is 5.88 Å². The number of hydrogen-bond acceptors (Lipinski definition) is 4. The smallest absolute Gasteiger partial charge is 0.224 e. The molecule has 1 aromatic heterocycles. The second-order valence-electron chi connectivity index (χ2n) is 3.27. The normalized spacial score (nSPS) is 10.4. The van der Waals surface area contributed by atoms with E-state index in [0.717, 1.165) is 0 Å². The van der Waals surface area contributed by atoms with Crippen LogP contribution in [0.4, 0.5) is 4.39 Å². The zero-order valence-corrected chi connectivity index (χ0v) is 8.82. The van der Waals surface area contributed by atoms with Crippen LogP contribution in [-0.2, 0) is 0 Å². The molecule has 2 aromatic rings. The summed E-state index contributed by atoms with van der Waals surface area (Å²) in [5.74, 6) is -0.405. The van der Waals surface area contributed by atoms with Crippen LogP contribution in [0.2, 0.25) is 0 Å². The number of nitrogens with zero attached hydrogens (tertiary/aromatic N) is 2. The zero-order valence-electron chi connectivity index (χ0n) is 8.82. The maximum Gasteiger partial charge on any atom is 0.224 e. The summed E-state index contributed by atoms with van der Waals surface area (Å²) in [5, 5.41) is 0.578. The molecule has 0 unspecified atom stereocenters. The maximum atomic E-state index is 13.0. The average molecular weight is 220 g/mol. The second kappa shape index (κ2) is 3.84. The Morgan fingerprint density at radius 3 is 2.75 bits per heavy atom. The van der Waals surface area contributed by atoms with Crippen molar-refractivity contribution >= 4 is 16.7 Å². The minimum Gasteiger partial charge on any atom is -0.480 e. The number of halogens is 1. The summed E-state index contributed by atoms with van der Waals surface area (Å²) in [6.07, 6.45) is 0. The molecule has 0 aliphatic heterocycles. The molecule has 0 bridgehead atoms. The van der Waals surface area contributed by atoms with E-state index in [4.69, 9.17) is 4.74 Å². The fraction of sp³-hybridized carbons (Fsp3) is 0.182. The van der Waals surface area contributed by atoms with Crippen LogP contribution >= 0.6 is 0 Å². The van der Waals surface area contributed by atoms with Gasteiger partial charge in [-0.2, -0.15) is 4.98 Å². The van der Waals surface area contributed by atoms with Gasteiger partial charge in [0.1, 0.15) is 5.82 Å². The number of rotatable bonds is 2. The lowest BCUT2D eigenvalue weighted by Crippen LogP contribution is -2.03. The summed E-state index contributed by atoms with van der Waals surface area (Å²) in [7, 11) is 1.44. The van der Waals surface area contributed by atoms with E-state index < -0.39 is 5.82 Å². The Morgan fingerprint density at radius 1 is 1.38 bits per heavy atom. The molecule has 82 valence electrons. The Hall–Kier alpha value is -2.04. The van der Waals surface area contributed by atoms with Crippen molar-refractivity contribution in [3.05, 3.63) is 29.8 Å². The fourth-order valence-electron chi connectivity index (χ4n) is 1.39. The molecule has 2 rings (SSSR count). The SMILES string of the molecule is COc1nc(C(C)=O)nc2cc(F)ccc12. The molecule has 0 amide bonds. The summed E-state index contributed by atoms with van der Waals surface area (Å²) in [5.41, 5.74) is 0.358. The highest BCUT2D eigenvalue weighted by atomic mass is 19.1. The van der Waals surface area contributed by atoms with E-state index in [0.29, 0.717) is 10.9 Å². The van der Waals surface area contributed by atoms with E-state index in [9.17, 15) is 9.18 Å². The minimum absolute atomic E-state index is 0.0231. The van der Waals surface area contributed by atoms with Gasteiger partial charge in [-0.3, -0.25) is 4.79 Å². The number of carbonyl (C=O) groups excluding carboxylic acids is 1. The second-order valence-corrected chi connectivity index (χ2v) is 3.27. The molecule has 0 saturated heterocycles. The summed E-state index contributed by atoms with van der Waals surface area (Å²) in [6, 6.07) is 4.06. The maximum absolute atomic E-state index is 13.0. The summed E-state index contributed by atoms with van der Waals surface area (Å²) < 4.78 is 18.1. The molecule has 0 spiro atoms. The topological polar surface area (TPSA) is 52.1 Å². The number of methoxy groups -OCH3 is 1. The first-order valence-corrected chi connectivity index (χ1v) is 4.64. The number of aromatic nitrogens is 2. The predicted molar refractivity (Wildman–Crippen MR) is 56.1 cm³/mol. The van der Waals surface area contributed by atoms with E-state index in [2.05, 4.69) is 9.97 Å². The molecule has 0 radical (unpaired) electrons. The molecule has 5 heteroatoms. The van der Waals surface area contributed by atoms with Crippen LogP contribution in [0.1, 0.15) is 17.5 Å². The van der Waals surface area contributed by atoms with Crippen molar-refractivity contribution < 1.29 is 13.9 Å². The molecular weight excluding hydrogens is 211 g/mol. The first kappa shape index (κ1) is 10.5. The number of benzene rings is 1. The van der Waals surface area contributed by atoms with E-state index in [1.165, 1.54) is 32.2 Å². The van der Waals surface area contributed by atoms with Crippen molar-refractivity contribution in [3.63, 3.8) is 0 Å². The van der Waals surface area contributed by atoms with Crippen molar-refractivity contribution in [2.24, 2.45) is 0 Å². The molecule has 1 heterocycles. The van der Waals surface area contributed by atoms with Crippen LogP contribution in [0.5, 0.6) is 5.88 Å². The summed E-state index contributed by atoms with van der Waals surface area (Å²) in [6.45, 7) is 1.35. The molecule has 1 aromatic carbocycles. The number of carbonyl (C=O) groups is 1. The van der Waals surface area contributed by atoms with Gasteiger partial charge in [0.15, 0.2) is 11.6 Å². The van der Waals surface area contributed by atoms with Crippen LogP contribution in [0.15, 0.2) is 18.2 Å². The average Bonchev–Trinajstić information content (AvgIpc) is 2.26. The molecule has 0 atom stereocenters. The molecule has 16 heavy (non-hydrogen) atoms. The fourth-order valence-corrected chi connectivity index (χ4v) is 1.39. The van der Waals surface area contributed by atoms with Gasteiger partial charge < -0.3 is 4.74 Å². The molecular formula is C11H9FN2O2. The van der Waals surface area contributed by atoms with Crippen LogP contribution in [0.3, 0.4) is 0 Å². The van der Waals surface area contributed by atoms with Crippen molar-refractivity contribution in [2.75, 3.05) is 7.11 Å². The third-order valence-electron chi connectivity index (χ3n) is 2.13. The van der Waals surface area contributed by atoms with Gasteiger partial charge in [0.05, 0.1) is 18.0 Å². The first-order valence-electron chi connectivity index (χ1n) is 4.64. The van der Waals surface area contributed by atoms with Gasteiger partial charge in [0, 0.05) is 13.0 Å². The van der Waals surface area contributed by atoms with Crippen LogP contribution < -0.4 is 4.74 Å². The largest absolute Gasteiger partial charge is 0.480 e. The lowest BCUT2D eigenvalue weighted by molar-refractivity contribution is 0.100. The van der Waals surface area contributed by atoms with Crippen molar-refractivity contribution in [2.45, 2.75) is 6.92 Å². The standard InChI is InChI=1S/C11H9FN2O2/c1-6(15)10-13-9-5-7(12)3-4-8(9)11(14-10)16-2/h3-5H,1-2H3. The zero-order chi connectivity index (χ0) is 11.7. The summed E-state index contributed by atoms with van der Waals surface area (Å²) >= 11 is 0. The highest BCUT2D eigenvalue weighted by Crippen LogP contribution is 2.22. The van der Waals surface area contributed by atoms with E-state index in [1.54, 1.807) is 0 Å². The Morgan fingerprint density at radius 2 is 2.12 bits per heavy atom. The molecule has 0 fully saturated rings. The number of Topliss-reactive ketones (excluding diaryl/α,β-unsaturated/α-hetero) is 1. The lowest BCUT2D eigenvalue weighted by Gasteiger charge is -2.05. The van der Waals surface area contributed by atoms with Gasteiger partial charge in [0.25, 0.3) is 0 Å². The minimum atomic E-state index is -0.414. The van der Waals surface area contributed by atoms with Crippen LogP contribution in [-0.4, -0.2) is 22.9 Å². The Labute approximate surface area is 91.1 Å². The summed E-state index contributed by atoms with van der Waals surface area (Å²) in [4.78, 5) is 19.1. The Balaban J connectivity index is 2.78. The third kappa shape index (κ3) is 1.71. The highest BCUT2D eigenvalue weighted by molar-refractivity contribution is 5.94. The van der Waals surface area contributed by atoms with Gasteiger partial charge in [-0.05, 0) is 12.1 Å². The predicted octanol–water partition coefficient (Wildman–Crippen LogP) is 1.98. The van der Waals surface area contributed by atoms with Crippen LogP contribution in [0, 0.1) is 5.82 Å². The molecule has 4 nitrogen and oxygen atoms in total. The van der Waals surface area contributed by atoms with Crippen LogP contribution in [0.25, 0.3) is 10.9 Å². The highest BCUT2D eigenvalue weighted by Gasteiger charge is 2.11. The first-order chi connectivity index (χ1) is 7.61. The van der Waals surface area contributed by atoms with Gasteiger partial charge in [-0.25, -0.2) is 9.37 Å². The molecule has 0 aliphatic rings. The van der Waals surface area contributed by atoms with Gasteiger partial charge in [-0.1, -0.05) is 0 Å². The monoisotopic (exact) mass is 220 g/mol. The van der Waals surface area contributed by atoms with Gasteiger partial charge >= 0.3 is 0 Å². The molecule has 0 aliphatic carbocycles.